The van der Waals surface area contributed by atoms with E-state index < -0.39 is 21.8 Å². The summed E-state index contributed by atoms with van der Waals surface area (Å²) in [6.45, 7) is 1.79. The van der Waals surface area contributed by atoms with E-state index in [-0.39, 0.29) is 9.92 Å². The Morgan fingerprint density at radius 3 is 2.55 bits per heavy atom. The minimum Gasteiger partial charge on any atom is -0.480 e. The number of hydrogen-bond donors (Lipinski definition) is 2. The van der Waals surface area contributed by atoms with E-state index in [1.807, 2.05) is 30.3 Å². The van der Waals surface area contributed by atoms with Gasteiger partial charge in [0, 0.05) is 12.7 Å². The Balaban J connectivity index is 1.89. The van der Waals surface area contributed by atoms with Gasteiger partial charge in [-0.15, -0.1) is 0 Å². The van der Waals surface area contributed by atoms with E-state index in [1.54, 1.807) is 13.0 Å². The third kappa shape index (κ3) is 5.14. The summed E-state index contributed by atoms with van der Waals surface area (Å²) in [4.78, 5) is 16.9. The number of carboxylic acid groups (broad SMARTS) is 1. The van der Waals surface area contributed by atoms with Gasteiger partial charge in [-0.1, -0.05) is 59.3 Å². The maximum absolute atomic E-state index is 11.9. The second kappa shape index (κ2) is 8.52. The van der Waals surface area contributed by atoms with Gasteiger partial charge < -0.3 is 10.4 Å². The van der Waals surface area contributed by atoms with Gasteiger partial charge in [-0.3, -0.25) is 0 Å². The maximum atomic E-state index is 11.9. The molecule has 0 amide bonds. The SMILES string of the molecule is Cc1nc(N[C@H](Cc2ccccc2)C(=O)O)sc1-c1ccc(Cl)c(S(C)(=O)=O)c1. The summed E-state index contributed by atoms with van der Waals surface area (Å²) < 4.78 is 23.9. The highest BCUT2D eigenvalue weighted by molar-refractivity contribution is 7.90. The van der Waals surface area contributed by atoms with Crippen LogP contribution in [0.5, 0.6) is 0 Å². The first-order valence-corrected chi connectivity index (χ1v) is 11.7. The van der Waals surface area contributed by atoms with Gasteiger partial charge in [0.1, 0.15) is 6.04 Å². The number of aliphatic carboxylic acids is 1. The number of thiazole rings is 1. The molecule has 0 unspecified atom stereocenters. The van der Waals surface area contributed by atoms with Crippen molar-refractivity contribution in [1.82, 2.24) is 4.98 Å². The van der Waals surface area contributed by atoms with Crippen molar-refractivity contribution in [2.45, 2.75) is 24.3 Å². The fourth-order valence-corrected chi connectivity index (χ4v) is 5.17. The second-order valence-corrected chi connectivity index (χ2v) is 9.97. The van der Waals surface area contributed by atoms with Crippen LogP contribution in [-0.4, -0.2) is 36.8 Å². The van der Waals surface area contributed by atoms with E-state index in [1.165, 1.54) is 23.5 Å². The van der Waals surface area contributed by atoms with Crippen LogP contribution in [0.15, 0.2) is 53.4 Å². The Bertz CT molecular complexity index is 1140. The molecule has 2 aromatic carbocycles. The lowest BCUT2D eigenvalue weighted by Crippen LogP contribution is -2.31. The van der Waals surface area contributed by atoms with E-state index in [0.29, 0.717) is 22.8 Å². The van der Waals surface area contributed by atoms with Crippen LogP contribution in [0.3, 0.4) is 0 Å². The molecule has 2 N–H and O–H groups in total. The fourth-order valence-electron chi connectivity index (χ4n) is 2.85. The minimum absolute atomic E-state index is 0.0477. The number of hydrogen-bond acceptors (Lipinski definition) is 6. The van der Waals surface area contributed by atoms with E-state index in [2.05, 4.69) is 10.3 Å². The van der Waals surface area contributed by atoms with Gasteiger partial charge in [0.25, 0.3) is 0 Å². The quantitative estimate of drug-likeness (QED) is 0.557. The van der Waals surface area contributed by atoms with Gasteiger partial charge in [0.15, 0.2) is 15.0 Å². The number of carbonyl (C=O) groups is 1. The monoisotopic (exact) mass is 450 g/mol. The van der Waals surface area contributed by atoms with Crippen LogP contribution in [0.25, 0.3) is 10.4 Å². The summed E-state index contributed by atoms with van der Waals surface area (Å²) in [5.41, 5.74) is 2.23. The average Bonchev–Trinajstić information content (AvgIpc) is 3.01. The predicted molar refractivity (Wildman–Crippen MR) is 116 cm³/mol. The fraction of sp³-hybridized carbons (Fsp3) is 0.200. The lowest BCUT2D eigenvalue weighted by Gasteiger charge is -2.13. The summed E-state index contributed by atoms with van der Waals surface area (Å²) in [5.74, 6) is -0.978. The molecular formula is C20H19ClN2O4S2. The van der Waals surface area contributed by atoms with Crippen LogP contribution < -0.4 is 5.32 Å². The van der Waals surface area contributed by atoms with Crippen LogP contribution >= 0.6 is 22.9 Å². The van der Waals surface area contributed by atoms with Gasteiger partial charge in [0.2, 0.25) is 0 Å². The number of anilines is 1. The van der Waals surface area contributed by atoms with Crippen molar-refractivity contribution in [3.05, 3.63) is 64.8 Å². The van der Waals surface area contributed by atoms with E-state index >= 15 is 0 Å². The number of nitrogens with one attached hydrogen (secondary N) is 1. The molecule has 0 bridgehead atoms. The number of aromatic nitrogens is 1. The molecule has 0 aliphatic rings. The van der Waals surface area contributed by atoms with Gasteiger partial charge in [-0.2, -0.15) is 0 Å². The number of halogens is 1. The molecule has 0 saturated heterocycles. The van der Waals surface area contributed by atoms with Crippen LogP contribution in [0, 0.1) is 6.92 Å². The van der Waals surface area contributed by atoms with Gasteiger partial charge in [-0.25, -0.2) is 18.2 Å². The van der Waals surface area contributed by atoms with Crippen molar-refractivity contribution in [1.29, 1.82) is 0 Å². The molecule has 9 heteroatoms. The van der Waals surface area contributed by atoms with Crippen molar-refractivity contribution in [3.63, 3.8) is 0 Å². The number of sulfone groups is 1. The number of carboxylic acids is 1. The molecule has 3 aromatic rings. The minimum atomic E-state index is -3.48. The summed E-state index contributed by atoms with van der Waals surface area (Å²) >= 11 is 7.30. The number of nitrogens with zero attached hydrogens (tertiary/aromatic N) is 1. The lowest BCUT2D eigenvalue weighted by atomic mass is 10.1. The Labute approximate surface area is 178 Å². The molecule has 1 atom stereocenters. The molecule has 152 valence electrons. The highest BCUT2D eigenvalue weighted by atomic mass is 35.5. The molecule has 0 aliphatic heterocycles. The topological polar surface area (TPSA) is 96.4 Å². The summed E-state index contributed by atoms with van der Waals surface area (Å²) in [6.07, 6.45) is 1.41. The normalized spacial score (nSPS) is 12.5. The molecule has 1 aromatic heterocycles. The highest BCUT2D eigenvalue weighted by Crippen LogP contribution is 2.36. The van der Waals surface area contributed by atoms with Crippen molar-refractivity contribution >= 4 is 43.9 Å². The van der Waals surface area contributed by atoms with Crippen LogP contribution in [-0.2, 0) is 21.1 Å². The first-order valence-electron chi connectivity index (χ1n) is 8.66. The van der Waals surface area contributed by atoms with Gasteiger partial charge in [0.05, 0.1) is 20.5 Å². The van der Waals surface area contributed by atoms with Crippen molar-refractivity contribution in [2.24, 2.45) is 0 Å². The molecule has 0 aliphatic carbocycles. The smallest absolute Gasteiger partial charge is 0.326 e. The molecule has 29 heavy (non-hydrogen) atoms. The maximum Gasteiger partial charge on any atom is 0.326 e. The number of benzene rings is 2. The van der Waals surface area contributed by atoms with E-state index in [4.69, 9.17) is 11.6 Å². The Hall–Kier alpha value is -2.42. The van der Waals surface area contributed by atoms with Crippen molar-refractivity contribution in [3.8, 4) is 10.4 Å². The molecule has 3 rings (SSSR count). The summed E-state index contributed by atoms with van der Waals surface area (Å²) in [7, 11) is -3.48. The molecule has 6 nitrogen and oxygen atoms in total. The Morgan fingerprint density at radius 2 is 1.93 bits per heavy atom. The summed E-state index contributed by atoms with van der Waals surface area (Å²) in [6, 6.07) is 13.3. The lowest BCUT2D eigenvalue weighted by molar-refractivity contribution is -0.137. The zero-order valence-electron chi connectivity index (χ0n) is 15.7. The van der Waals surface area contributed by atoms with Crippen LogP contribution in [0.2, 0.25) is 5.02 Å². The molecule has 1 heterocycles. The molecule has 0 fully saturated rings. The van der Waals surface area contributed by atoms with E-state index in [0.717, 1.165) is 16.7 Å². The van der Waals surface area contributed by atoms with E-state index in [9.17, 15) is 18.3 Å². The summed E-state index contributed by atoms with van der Waals surface area (Å²) in [5, 5.41) is 13.2. The Morgan fingerprint density at radius 1 is 1.24 bits per heavy atom. The third-order valence-electron chi connectivity index (χ3n) is 4.27. The zero-order chi connectivity index (χ0) is 21.2. The molecule has 0 saturated carbocycles. The molecule has 0 spiro atoms. The van der Waals surface area contributed by atoms with Crippen molar-refractivity contribution in [2.75, 3.05) is 11.6 Å². The average molecular weight is 451 g/mol. The van der Waals surface area contributed by atoms with Crippen LogP contribution in [0.4, 0.5) is 5.13 Å². The predicted octanol–water partition coefficient (Wildman–Crippen LogP) is 4.28. The first-order chi connectivity index (χ1) is 13.6. The standard InChI is InChI=1S/C20H19ClN2O4S2/c1-12-18(14-8-9-15(21)17(11-14)29(2,26)27)28-20(22-12)23-16(19(24)25)10-13-6-4-3-5-7-13/h3-9,11,16H,10H2,1-2H3,(H,22,23)(H,24,25)/t16-/m1/s1. The highest BCUT2D eigenvalue weighted by Gasteiger charge is 2.21. The van der Waals surface area contributed by atoms with Crippen LogP contribution in [0.1, 0.15) is 11.3 Å². The second-order valence-electron chi connectivity index (χ2n) is 6.58. The first kappa shape index (κ1) is 21.3. The number of rotatable bonds is 7. The largest absolute Gasteiger partial charge is 0.480 e. The third-order valence-corrected chi connectivity index (χ3v) is 6.98. The van der Waals surface area contributed by atoms with Crippen molar-refractivity contribution < 1.29 is 18.3 Å². The van der Waals surface area contributed by atoms with Gasteiger partial charge in [-0.05, 0) is 30.2 Å². The Kier molecular flexibility index (Phi) is 6.26. The molecular weight excluding hydrogens is 432 g/mol. The molecule has 0 radical (unpaired) electrons. The number of aryl methyl sites for hydroxylation is 1. The van der Waals surface area contributed by atoms with Gasteiger partial charge >= 0.3 is 5.97 Å². The zero-order valence-corrected chi connectivity index (χ0v) is 18.1.